The number of imidazole rings is 1. The van der Waals surface area contributed by atoms with Gasteiger partial charge < -0.3 is 18.8 Å². The first-order valence-corrected chi connectivity index (χ1v) is 19.5. The average molecular weight is 918 g/mol. The molecule has 1 aliphatic rings. The van der Waals surface area contributed by atoms with Gasteiger partial charge in [-0.2, -0.15) is 17.4 Å². The molecule has 272 valence electrons. The third kappa shape index (κ3) is 4.54. The minimum absolute atomic E-state index is 0. The molecule has 1 aliphatic heterocycles. The number of rotatable bonds is 3. The number of benzene rings is 7. The first kappa shape index (κ1) is 33.4. The van der Waals surface area contributed by atoms with Crippen molar-refractivity contribution in [2.45, 2.75) is 20.8 Å². The molecule has 0 fully saturated rings. The summed E-state index contributed by atoms with van der Waals surface area (Å²) < 4.78 is 7.06. The van der Waals surface area contributed by atoms with Crippen molar-refractivity contribution in [3.8, 4) is 5.69 Å². The number of para-hydroxylation sites is 4. The van der Waals surface area contributed by atoms with Crippen LogP contribution in [0.4, 0.5) is 22.7 Å². The van der Waals surface area contributed by atoms with Crippen molar-refractivity contribution in [2.24, 2.45) is 0 Å². The van der Waals surface area contributed by atoms with Crippen LogP contribution in [0.3, 0.4) is 0 Å². The number of hydrogen-bond acceptors (Lipinski definition) is 4. The molecule has 0 atom stereocenters. The minimum atomic E-state index is 0. The zero-order valence-corrected chi connectivity index (χ0v) is 33.8. The predicted octanol–water partition coefficient (Wildman–Crippen LogP) is 13.0. The van der Waals surface area contributed by atoms with Gasteiger partial charge in [-0.3, -0.25) is 4.98 Å². The molecule has 4 aromatic heterocycles. The van der Waals surface area contributed by atoms with E-state index in [-0.39, 0.29) is 21.1 Å². The Labute approximate surface area is 341 Å². The van der Waals surface area contributed by atoms with E-state index in [1.165, 1.54) is 58.7 Å². The number of thiophene rings is 1. The van der Waals surface area contributed by atoms with Crippen molar-refractivity contribution in [3.05, 3.63) is 169 Å². The number of hydrogen-bond donors (Lipinski definition) is 0. The molecule has 0 unspecified atom stereocenters. The standard InChI is InChI=1S/C49H32N5S.Pt/c1-29-24-30(2)47(31(3)25-29)53-28-52(40-17-9-10-18-41(40)53)32-20-21-34-33-12-4-8-16-39(33)54(42(34)26-32)43-27-37-45(46-36-14-6-11-19-44(36)55-48(43)46)35-13-5-7-15-38(35)51-23-22-50-49(37)51;/h4-25,28H,1-3H3;/q-3;. The van der Waals surface area contributed by atoms with Crippen LogP contribution in [0.5, 0.6) is 0 Å². The summed E-state index contributed by atoms with van der Waals surface area (Å²) in [5.41, 5.74) is 13.4. The quantitative estimate of drug-likeness (QED) is 0.131. The first-order valence-electron chi connectivity index (χ1n) is 18.6. The Kier molecular flexibility index (Phi) is 7.32. The van der Waals surface area contributed by atoms with Crippen LogP contribution in [0.1, 0.15) is 16.7 Å². The topological polar surface area (TPSA) is 28.7 Å². The van der Waals surface area contributed by atoms with Crippen LogP contribution < -0.4 is 9.80 Å². The monoisotopic (exact) mass is 917 g/mol. The van der Waals surface area contributed by atoms with Gasteiger partial charge in [-0.15, -0.1) is 35.9 Å². The third-order valence-corrected chi connectivity index (χ3v) is 12.6. The summed E-state index contributed by atoms with van der Waals surface area (Å²) in [4.78, 5) is 9.58. The molecule has 7 heteroatoms. The van der Waals surface area contributed by atoms with Gasteiger partial charge >= 0.3 is 0 Å². The van der Waals surface area contributed by atoms with Gasteiger partial charge in [0, 0.05) is 66.3 Å². The molecule has 0 spiro atoms. The smallest absolute Gasteiger partial charge is 0.0609 e. The fourth-order valence-corrected chi connectivity index (χ4v) is 10.5. The zero-order valence-electron chi connectivity index (χ0n) is 30.7. The number of pyridine rings is 1. The summed E-state index contributed by atoms with van der Waals surface area (Å²) in [7, 11) is 0. The number of fused-ring (bicyclic) bond motifs is 14. The zero-order chi connectivity index (χ0) is 36.5. The Morgan fingerprint density at radius 1 is 0.643 bits per heavy atom. The van der Waals surface area contributed by atoms with E-state index in [1.54, 1.807) is 0 Å². The second-order valence-corrected chi connectivity index (χ2v) is 15.8. The van der Waals surface area contributed by atoms with Crippen LogP contribution in [-0.2, 0) is 21.1 Å². The van der Waals surface area contributed by atoms with Crippen molar-refractivity contribution in [1.82, 2.24) is 14.0 Å². The molecule has 0 bridgehead atoms. The fraction of sp³-hybridized carbons (Fsp3) is 0.0612. The van der Waals surface area contributed by atoms with E-state index in [2.05, 4.69) is 186 Å². The van der Waals surface area contributed by atoms with Crippen LogP contribution in [0.2, 0.25) is 0 Å². The number of aryl methyl sites for hydroxylation is 3. The van der Waals surface area contributed by atoms with Crippen molar-refractivity contribution >= 4 is 103 Å². The van der Waals surface area contributed by atoms with Crippen LogP contribution in [-0.4, -0.2) is 14.0 Å². The molecular weight excluding hydrogens is 886 g/mol. The van der Waals surface area contributed by atoms with E-state index in [0.29, 0.717) is 0 Å². The van der Waals surface area contributed by atoms with Gasteiger partial charge in [0.1, 0.15) is 0 Å². The fourth-order valence-electron chi connectivity index (χ4n) is 9.28. The van der Waals surface area contributed by atoms with Crippen molar-refractivity contribution in [1.29, 1.82) is 0 Å². The Bertz CT molecular complexity index is 3400. The second-order valence-electron chi connectivity index (χ2n) is 14.7. The van der Waals surface area contributed by atoms with Crippen LogP contribution >= 0.6 is 11.3 Å². The van der Waals surface area contributed by atoms with Crippen LogP contribution in [0.25, 0.3) is 75.0 Å². The molecule has 0 amide bonds. The van der Waals surface area contributed by atoms with Gasteiger partial charge in [-0.25, -0.2) is 0 Å². The second kappa shape index (κ2) is 12.3. The molecule has 5 heterocycles. The van der Waals surface area contributed by atoms with Gasteiger partial charge in [0.25, 0.3) is 0 Å². The Morgan fingerprint density at radius 3 is 2.12 bits per heavy atom. The molecule has 5 nitrogen and oxygen atoms in total. The number of anilines is 4. The van der Waals surface area contributed by atoms with E-state index in [1.807, 2.05) is 17.5 Å². The molecule has 0 aliphatic carbocycles. The number of nitrogens with zero attached hydrogens (tertiary/aromatic N) is 5. The van der Waals surface area contributed by atoms with E-state index in [0.717, 1.165) is 55.7 Å². The van der Waals surface area contributed by atoms with E-state index >= 15 is 0 Å². The maximum Gasteiger partial charge on any atom is 0.0609 e. The average Bonchev–Trinajstić information content (AvgIpc) is 4.00. The van der Waals surface area contributed by atoms with Crippen LogP contribution in [0, 0.1) is 39.6 Å². The van der Waals surface area contributed by atoms with Gasteiger partial charge in [-0.1, -0.05) is 106 Å². The summed E-state index contributed by atoms with van der Waals surface area (Å²) in [6.07, 6.45) is 3.97. The minimum Gasteiger partial charge on any atom is -0.493 e. The van der Waals surface area contributed by atoms with E-state index in [4.69, 9.17) is 4.98 Å². The molecule has 7 aromatic carbocycles. The predicted molar refractivity (Wildman–Crippen MR) is 231 cm³/mol. The van der Waals surface area contributed by atoms with Crippen molar-refractivity contribution in [2.75, 3.05) is 9.80 Å². The third-order valence-electron chi connectivity index (χ3n) is 11.4. The first-order chi connectivity index (χ1) is 27.0. The van der Waals surface area contributed by atoms with Crippen molar-refractivity contribution < 1.29 is 21.1 Å². The molecule has 12 rings (SSSR count). The summed E-state index contributed by atoms with van der Waals surface area (Å²) in [5.74, 6) is 0. The van der Waals surface area contributed by atoms with Gasteiger partial charge in [0.15, 0.2) is 0 Å². The summed E-state index contributed by atoms with van der Waals surface area (Å²) in [6, 6.07) is 51.9. The largest absolute Gasteiger partial charge is 0.493 e. The SMILES string of the molecule is Cc1cc(C)c(N2[CH-]N(c3[c-]c4c(cc3)c3ccccc3n4-c3[c-]c4c(c5ccccc5n5ccnc45)c4c3sc3ccccc34)c3ccccc32)c(C)c1.[Pt]. The number of aromatic nitrogens is 3. The maximum absolute atomic E-state index is 4.95. The molecule has 0 radical (unpaired) electrons. The summed E-state index contributed by atoms with van der Waals surface area (Å²) in [6.45, 7) is 8.81. The Hall–Kier alpha value is -5.94. The normalized spacial score (nSPS) is 13.0. The molecular formula is C49H32N5PtS-3. The molecule has 0 saturated heterocycles. The summed E-state index contributed by atoms with van der Waals surface area (Å²) in [5, 5.41) is 8.24. The van der Waals surface area contributed by atoms with E-state index < -0.39 is 0 Å². The molecule has 0 N–H and O–H groups in total. The molecule has 0 saturated carbocycles. The van der Waals surface area contributed by atoms with Crippen LogP contribution in [0.15, 0.2) is 134 Å². The molecule has 56 heavy (non-hydrogen) atoms. The van der Waals surface area contributed by atoms with E-state index in [9.17, 15) is 0 Å². The maximum atomic E-state index is 4.95. The van der Waals surface area contributed by atoms with Gasteiger partial charge in [0.2, 0.25) is 0 Å². The summed E-state index contributed by atoms with van der Waals surface area (Å²) >= 11 is 1.84. The molecule has 11 aromatic rings. The Balaban J connectivity index is 0.00000363. The van der Waals surface area contributed by atoms with Gasteiger partial charge in [-0.05, 0) is 88.8 Å². The van der Waals surface area contributed by atoms with Crippen molar-refractivity contribution in [3.63, 3.8) is 0 Å². The van der Waals surface area contributed by atoms with Gasteiger partial charge in [0.05, 0.1) is 5.65 Å². The Morgan fingerprint density at radius 2 is 1.32 bits per heavy atom.